The van der Waals surface area contributed by atoms with Gasteiger partial charge in [0.1, 0.15) is 0 Å². The van der Waals surface area contributed by atoms with Crippen LogP contribution >= 0.6 is 0 Å². The van der Waals surface area contributed by atoms with Crippen LogP contribution in [0.15, 0.2) is 51.9 Å². The van der Waals surface area contributed by atoms with Crippen LogP contribution in [0.1, 0.15) is 29.9 Å². The van der Waals surface area contributed by atoms with Crippen molar-refractivity contribution in [3.63, 3.8) is 0 Å². The minimum Gasteiger partial charge on any atom is -0.338 e. The first-order valence-corrected chi connectivity index (χ1v) is 12.1. The van der Waals surface area contributed by atoms with Crippen LogP contribution in [0.2, 0.25) is 0 Å². The normalized spacial score (nSPS) is 15.9. The summed E-state index contributed by atoms with van der Waals surface area (Å²) in [6.45, 7) is 2.52. The lowest BCUT2D eigenvalue weighted by Gasteiger charge is -2.18. The van der Waals surface area contributed by atoms with E-state index in [9.17, 15) is 13.2 Å². The van der Waals surface area contributed by atoms with Crippen molar-refractivity contribution in [3.8, 4) is 11.4 Å². The van der Waals surface area contributed by atoms with E-state index in [2.05, 4.69) is 10.1 Å². The number of aryl methyl sites for hydroxylation is 1. The predicted molar refractivity (Wildman–Crippen MR) is 118 cm³/mol. The van der Waals surface area contributed by atoms with E-state index in [0.717, 1.165) is 35.2 Å². The quantitative estimate of drug-likeness (QED) is 0.570. The Hall–Kier alpha value is -3.04. The monoisotopic (exact) mass is 452 g/mol. The molecule has 0 spiro atoms. The van der Waals surface area contributed by atoms with Gasteiger partial charge in [-0.05, 0) is 55.5 Å². The second-order valence-corrected chi connectivity index (χ2v) is 10.4. The summed E-state index contributed by atoms with van der Waals surface area (Å²) in [6, 6.07) is 12.7. The van der Waals surface area contributed by atoms with Gasteiger partial charge in [-0.2, -0.15) is 9.29 Å². The fourth-order valence-corrected chi connectivity index (χ4v) is 5.20. The summed E-state index contributed by atoms with van der Waals surface area (Å²) >= 11 is 0. The van der Waals surface area contributed by atoms with Crippen molar-refractivity contribution < 1.29 is 17.7 Å². The van der Waals surface area contributed by atoms with Gasteiger partial charge in [-0.1, -0.05) is 29.4 Å². The van der Waals surface area contributed by atoms with Gasteiger partial charge in [-0.25, -0.2) is 8.42 Å². The number of anilines is 1. The molecule has 8 nitrogen and oxygen atoms in total. The molecule has 0 saturated heterocycles. The number of amides is 1. The Morgan fingerprint density at radius 2 is 2.00 bits per heavy atom. The van der Waals surface area contributed by atoms with Crippen molar-refractivity contribution in [1.82, 2.24) is 14.4 Å². The Labute approximate surface area is 186 Å². The highest BCUT2D eigenvalue weighted by Gasteiger charge is 2.37. The summed E-state index contributed by atoms with van der Waals surface area (Å²) in [5.74, 6) is 0.935. The molecular formula is C23H24N4O4S. The van der Waals surface area contributed by atoms with E-state index in [1.165, 1.54) is 11.4 Å². The number of fused-ring (bicyclic) bond motifs is 1. The Balaban J connectivity index is 1.34. The Morgan fingerprint density at radius 1 is 1.22 bits per heavy atom. The SMILES string of the molecule is Cc1ccccc1-c1noc(CN(C)S(=O)(=O)c2ccc3c(c2)CCN3C(=O)C2CC2)n1. The molecule has 0 N–H and O–H groups in total. The third kappa shape index (κ3) is 3.71. The summed E-state index contributed by atoms with van der Waals surface area (Å²) < 4.78 is 32.8. The molecule has 166 valence electrons. The second-order valence-electron chi connectivity index (χ2n) is 8.39. The third-order valence-electron chi connectivity index (χ3n) is 6.06. The molecule has 1 aliphatic heterocycles. The molecule has 0 atom stereocenters. The molecule has 5 rings (SSSR count). The smallest absolute Gasteiger partial charge is 0.243 e. The van der Waals surface area contributed by atoms with Crippen molar-refractivity contribution >= 4 is 21.6 Å². The zero-order valence-corrected chi connectivity index (χ0v) is 18.8. The number of carbonyl (C=O) groups excluding carboxylic acids is 1. The van der Waals surface area contributed by atoms with Crippen LogP contribution in [-0.4, -0.2) is 42.4 Å². The fourth-order valence-electron chi connectivity index (χ4n) is 4.03. The Kier molecular flexibility index (Phi) is 5.10. The zero-order valence-electron chi connectivity index (χ0n) is 18.0. The molecule has 1 amide bonds. The van der Waals surface area contributed by atoms with Gasteiger partial charge in [-0.15, -0.1) is 0 Å². The maximum absolute atomic E-state index is 13.2. The highest BCUT2D eigenvalue weighted by molar-refractivity contribution is 7.89. The molecule has 0 unspecified atom stereocenters. The topological polar surface area (TPSA) is 96.6 Å². The summed E-state index contributed by atoms with van der Waals surface area (Å²) in [6.07, 6.45) is 2.55. The molecule has 0 radical (unpaired) electrons. The maximum Gasteiger partial charge on any atom is 0.243 e. The van der Waals surface area contributed by atoms with E-state index in [1.54, 1.807) is 23.1 Å². The lowest BCUT2D eigenvalue weighted by Crippen LogP contribution is -2.30. The minimum absolute atomic E-state index is 0.0371. The number of sulfonamides is 1. The first-order valence-electron chi connectivity index (χ1n) is 10.6. The third-order valence-corrected chi connectivity index (χ3v) is 7.86. The highest BCUT2D eigenvalue weighted by Crippen LogP contribution is 2.37. The zero-order chi connectivity index (χ0) is 22.5. The molecule has 0 bridgehead atoms. The van der Waals surface area contributed by atoms with Gasteiger partial charge < -0.3 is 9.42 Å². The lowest BCUT2D eigenvalue weighted by molar-refractivity contribution is -0.119. The van der Waals surface area contributed by atoms with Crippen LogP contribution in [0, 0.1) is 12.8 Å². The Morgan fingerprint density at radius 3 is 2.75 bits per heavy atom. The van der Waals surface area contributed by atoms with Gasteiger partial charge in [0.15, 0.2) is 0 Å². The molecule has 2 aromatic carbocycles. The van der Waals surface area contributed by atoms with Crippen LogP contribution in [0.5, 0.6) is 0 Å². The minimum atomic E-state index is -3.76. The van der Waals surface area contributed by atoms with E-state index in [-0.39, 0.29) is 29.2 Å². The summed E-state index contributed by atoms with van der Waals surface area (Å²) in [5.41, 5.74) is 3.56. The van der Waals surface area contributed by atoms with Gasteiger partial charge in [-0.3, -0.25) is 4.79 Å². The first-order chi connectivity index (χ1) is 15.3. The van der Waals surface area contributed by atoms with Gasteiger partial charge in [0.25, 0.3) is 0 Å². The molecule has 1 aromatic heterocycles. The number of carbonyl (C=O) groups is 1. The van der Waals surface area contributed by atoms with E-state index >= 15 is 0 Å². The summed E-state index contributed by atoms with van der Waals surface area (Å²) in [7, 11) is -2.27. The number of rotatable bonds is 6. The van der Waals surface area contributed by atoms with E-state index in [0.29, 0.717) is 18.8 Å². The number of aromatic nitrogens is 2. The average Bonchev–Trinajstić information content (AvgIpc) is 3.39. The van der Waals surface area contributed by atoms with E-state index in [1.807, 2.05) is 31.2 Å². The molecule has 3 aromatic rings. The number of benzene rings is 2. The van der Waals surface area contributed by atoms with Gasteiger partial charge in [0.05, 0.1) is 11.4 Å². The fraction of sp³-hybridized carbons (Fsp3) is 0.348. The molecule has 2 aliphatic rings. The van der Waals surface area contributed by atoms with Crippen LogP contribution in [-0.2, 0) is 27.8 Å². The van der Waals surface area contributed by atoms with Crippen molar-refractivity contribution in [3.05, 3.63) is 59.5 Å². The Bertz CT molecular complexity index is 1300. The molecule has 32 heavy (non-hydrogen) atoms. The van der Waals surface area contributed by atoms with Crippen molar-refractivity contribution in [2.45, 2.75) is 37.6 Å². The number of nitrogens with zero attached hydrogens (tertiary/aromatic N) is 4. The van der Waals surface area contributed by atoms with Crippen LogP contribution in [0.3, 0.4) is 0 Å². The van der Waals surface area contributed by atoms with Gasteiger partial charge in [0, 0.05) is 30.8 Å². The molecule has 1 aliphatic carbocycles. The largest absolute Gasteiger partial charge is 0.338 e. The lowest BCUT2D eigenvalue weighted by atomic mass is 10.1. The average molecular weight is 453 g/mol. The van der Waals surface area contributed by atoms with Crippen LogP contribution in [0.4, 0.5) is 5.69 Å². The maximum atomic E-state index is 13.2. The first kappa shape index (κ1) is 20.8. The summed E-state index contributed by atoms with van der Waals surface area (Å²) in [5, 5.41) is 4.00. The van der Waals surface area contributed by atoms with Gasteiger partial charge >= 0.3 is 0 Å². The van der Waals surface area contributed by atoms with Crippen molar-refractivity contribution in [2.75, 3.05) is 18.5 Å². The molecule has 2 heterocycles. The standard InChI is InChI=1S/C23H24N4O4S/c1-15-5-3-4-6-19(15)22-24-21(31-25-22)14-26(2)32(29,30)18-9-10-20-17(13-18)11-12-27(20)23(28)16-7-8-16/h3-6,9-10,13,16H,7-8,11-12,14H2,1-2H3. The van der Waals surface area contributed by atoms with Gasteiger partial charge in [0.2, 0.25) is 27.6 Å². The number of hydrogen-bond donors (Lipinski definition) is 0. The van der Waals surface area contributed by atoms with Crippen molar-refractivity contribution in [1.29, 1.82) is 0 Å². The summed E-state index contributed by atoms with van der Waals surface area (Å²) in [4.78, 5) is 18.8. The number of hydrogen-bond acceptors (Lipinski definition) is 6. The van der Waals surface area contributed by atoms with Crippen LogP contribution < -0.4 is 4.90 Å². The molecular weight excluding hydrogens is 428 g/mol. The highest BCUT2D eigenvalue weighted by atomic mass is 32.2. The van der Waals surface area contributed by atoms with Crippen molar-refractivity contribution in [2.24, 2.45) is 5.92 Å². The van der Waals surface area contributed by atoms with Crippen LogP contribution in [0.25, 0.3) is 11.4 Å². The predicted octanol–water partition coefficient (Wildman–Crippen LogP) is 3.16. The molecule has 1 saturated carbocycles. The van der Waals surface area contributed by atoms with E-state index < -0.39 is 10.0 Å². The second kappa shape index (κ2) is 7.83. The van der Waals surface area contributed by atoms with E-state index in [4.69, 9.17) is 4.52 Å². The molecule has 1 fully saturated rings. The molecule has 9 heteroatoms.